The van der Waals surface area contributed by atoms with Crippen LogP contribution >= 0.6 is 11.8 Å². The van der Waals surface area contributed by atoms with Crippen molar-refractivity contribution in [2.75, 3.05) is 14.1 Å². The van der Waals surface area contributed by atoms with E-state index in [0.717, 1.165) is 23.2 Å². The lowest BCUT2D eigenvalue weighted by Gasteiger charge is -2.23. The van der Waals surface area contributed by atoms with Crippen molar-refractivity contribution >= 4 is 17.7 Å². The first-order chi connectivity index (χ1) is 14.5. The van der Waals surface area contributed by atoms with Crippen LogP contribution in [0.15, 0.2) is 58.3 Å². The van der Waals surface area contributed by atoms with Crippen LogP contribution in [0, 0.1) is 0 Å². The number of amides is 1. The van der Waals surface area contributed by atoms with Gasteiger partial charge in [0.2, 0.25) is 5.91 Å². The van der Waals surface area contributed by atoms with E-state index in [1.54, 1.807) is 6.26 Å². The molecule has 30 heavy (non-hydrogen) atoms. The smallest absolute Gasteiger partial charge is 0.233 e. The van der Waals surface area contributed by atoms with Crippen molar-refractivity contribution in [1.29, 1.82) is 0 Å². The van der Waals surface area contributed by atoms with Gasteiger partial charge in [-0.15, -0.1) is 10.2 Å². The number of hydrogen-bond acceptors (Lipinski definition) is 6. The zero-order valence-corrected chi connectivity index (χ0v) is 18.7. The minimum absolute atomic E-state index is 0.0631. The Morgan fingerprint density at radius 3 is 2.60 bits per heavy atom. The van der Waals surface area contributed by atoms with Gasteiger partial charge < -0.3 is 14.3 Å². The summed E-state index contributed by atoms with van der Waals surface area (Å²) in [6.45, 7) is 5.06. The van der Waals surface area contributed by atoms with Crippen molar-refractivity contribution in [3.8, 4) is 0 Å². The van der Waals surface area contributed by atoms with Crippen LogP contribution in [0.5, 0.6) is 0 Å². The third kappa shape index (κ3) is 5.52. The first-order valence-electron chi connectivity index (χ1n) is 10.1. The largest absolute Gasteiger partial charge is 0.467 e. The standard InChI is InChI=1S/C22H29N5O2S/c1-5-19(26(3)4)20-24-25-22(27(20)15-17-10-7-6-8-11-17)30-16(2)21(28)23-14-18-12-9-13-29-18/h6-13,16,19H,5,14-15H2,1-4H3,(H,23,28)/t16-,19+/m0/s1. The fourth-order valence-electron chi connectivity index (χ4n) is 3.27. The molecule has 0 unspecified atom stereocenters. The molecule has 1 aromatic carbocycles. The number of aromatic nitrogens is 3. The Bertz CT molecular complexity index is 924. The average molecular weight is 428 g/mol. The van der Waals surface area contributed by atoms with E-state index in [-0.39, 0.29) is 17.2 Å². The minimum atomic E-state index is -0.314. The Balaban J connectivity index is 1.78. The molecule has 0 aliphatic heterocycles. The predicted octanol–water partition coefficient (Wildman–Crippen LogP) is 3.73. The van der Waals surface area contributed by atoms with Crippen molar-refractivity contribution in [2.24, 2.45) is 0 Å². The number of hydrogen-bond donors (Lipinski definition) is 1. The Hall–Kier alpha value is -2.58. The molecule has 2 aromatic heterocycles. The van der Waals surface area contributed by atoms with E-state index in [2.05, 4.69) is 44.0 Å². The molecule has 0 saturated carbocycles. The van der Waals surface area contributed by atoms with Gasteiger partial charge in [0, 0.05) is 0 Å². The zero-order valence-electron chi connectivity index (χ0n) is 17.9. The van der Waals surface area contributed by atoms with Crippen molar-refractivity contribution in [1.82, 2.24) is 25.0 Å². The molecule has 0 fully saturated rings. The van der Waals surface area contributed by atoms with Gasteiger partial charge in [-0.05, 0) is 45.1 Å². The average Bonchev–Trinajstić information content (AvgIpc) is 3.39. The van der Waals surface area contributed by atoms with Gasteiger partial charge in [0.25, 0.3) is 0 Å². The SMILES string of the molecule is CC[C@H](c1nnc(S[C@@H](C)C(=O)NCc2ccco2)n1Cc1ccccc1)N(C)C. The summed E-state index contributed by atoms with van der Waals surface area (Å²) in [6, 6.07) is 14.0. The summed E-state index contributed by atoms with van der Waals surface area (Å²) in [4.78, 5) is 14.7. The highest BCUT2D eigenvalue weighted by Crippen LogP contribution is 2.28. The quantitative estimate of drug-likeness (QED) is 0.497. The second kappa shape index (κ2) is 10.4. The van der Waals surface area contributed by atoms with Crippen LogP contribution in [-0.2, 0) is 17.9 Å². The lowest BCUT2D eigenvalue weighted by atomic mass is 10.2. The molecule has 0 aliphatic carbocycles. The highest BCUT2D eigenvalue weighted by atomic mass is 32.2. The van der Waals surface area contributed by atoms with Gasteiger partial charge in [0.15, 0.2) is 11.0 Å². The number of furan rings is 1. The van der Waals surface area contributed by atoms with Gasteiger partial charge in [-0.3, -0.25) is 9.69 Å². The van der Waals surface area contributed by atoms with Crippen LogP contribution < -0.4 is 5.32 Å². The normalized spacial score (nSPS) is 13.4. The fraction of sp³-hybridized carbons (Fsp3) is 0.409. The van der Waals surface area contributed by atoms with E-state index >= 15 is 0 Å². The molecule has 8 heteroatoms. The molecule has 0 spiro atoms. The first kappa shape index (κ1) is 22.1. The Morgan fingerprint density at radius 2 is 1.97 bits per heavy atom. The molecule has 0 saturated heterocycles. The van der Waals surface area contributed by atoms with Gasteiger partial charge in [-0.2, -0.15) is 0 Å². The van der Waals surface area contributed by atoms with E-state index in [9.17, 15) is 4.79 Å². The van der Waals surface area contributed by atoms with E-state index < -0.39 is 0 Å². The lowest BCUT2D eigenvalue weighted by molar-refractivity contribution is -0.120. The van der Waals surface area contributed by atoms with E-state index in [0.29, 0.717) is 13.1 Å². The van der Waals surface area contributed by atoms with Crippen molar-refractivity contribution in [3.63, 3.8) is 0 Å². The molecule has 7 nitrogen and oxygen atoms in total. The van der Waals surface area contributed by atoms with Crippen LogP contribution in [0.3, 0.4) is 0 Å². The molecule has 0 radical (unpaired) electrons. The van der Waals surface area contributed by atoms with Crippen LogP contribution in [0.25, 0.3) is 0 Å². The van der Waals surface area contributed by atoms with Gasteiger partial charge in [0.05, 0.1) is 30.6 Å². The Labute approximate surface area is 181 Å². The summed E-state index contributed by atoms with van der Waals surface area (Å²) in [6.07, 6.45) is 2.52. The zero-order chi connectivity index (χ0) is 21.5. The maximum Gasteiger partial charge on any atom is 0.233 e. The highest BCUT2D eigenvalue weighted by molar-refractivity contribution is 8.00. The number of nitrogens with zero attached hydrogens (tertiary/aromatic N) is 4. The van der Waals surface area contributed by atoms with Gasteiger partial charge in [-0.1, -0.05) is 49.0 Å². The van der Waals surface area contributed by atoms with Crippen LogP contribution in [0.1, 0.15) is 43.5 Å². The van der Waals surface area contributed by atoms with Gasteiger partial charge in [0.1, 0.15) is 5.76 Å². The summed E-state index contributed by atoms with van der Waals surface area (Å²) < 4.78 is 7.41. The molecule has 0 aliphatic rings. The molecular formula is C22H29N5O2S. The van der Waals surface area contributed by atoms with Crippen LogP contribution in [0.4, 0.5) is 0 Å². The monoisotopic (exact) mass is 427 g/mol. The number of carbonyl (C=O) groups excluding carboxylic acids is 1. The summed E-state index contributed by atoms with van der Waals surface area (Å²) in [7, 11) is 4.10. The summed E-state index contributed by atoms with van der Waals surface area (Å²) >= 11 is 1.42. The first-order valence-corrected chi connectivity index (χ1v) is 11.0. The number of benzene rings is 1. The second-order valence-electron chi connectivity index (χ2n) is 7.36. The molecule has 2 atom stereocenters. The summed E-state index contributed by atoms with van der Waals surface area (Å²) in [5.41, 5.74) is 1.17. The highest BCUT2D eigenvalue weighted by Gasteiger charge is 2.25. The van der Waals surface area contributed by atoms with Crippen molar-refractivity contribution in [2.45, 2.75) is 49.8 Å². The Morgan fingerprint density at radius 1 is 1.20 bits per heavy atom. The molecule has 1 N–H and O–H groups in total. The van der Waals surface area contributed by atoms with Crippen LogP contribution in [0.2, 0.25) is 0 Å². The maximum atomic E-state index is 12.6. The summed E-state index contributed by atoms with van der Waals surface area (Å²) in [5.74, 6) is 1.58. The molecule has 160 valence electrons. The number of rotatable bonds is 10. The molecule has 0 bridgehead atoms. The predicted molar refractivity (Wildman–Crippen MR) is 118 cm³/mol. The van der Waals surface area contributed by atoms with Gasteiger partial charge in [-0.25, -0.2) is 0 Å². The molecule has 2 heterocycles. The number of nitrogens with one attached hydrogen (secondary N) is 1. The van der Waals surface area contributed by atoms with Crippen LogP contribution in [-0.4, -0.2) is 44.9 Å². The number of thioether (sulfide) groups is 1. The van der Waals surface area contributed by atoms with Crippen molar-refractivity contribution < 1.29 is 9.21 Å². The van der Waals surface area contributed by atoms with E-state index in [1.807, 2.05) is 51.4 Å². The second-order valence-corrected chi connectivity index (χ2v) is 8.67. The van der Waals surface area contributed by atoms with E-state index in [1.165, 1.54) is 17.3 Å². The van der Waals surface area contributed by atoms with Gasteiger partial charge >= 0.3 is 0 Å². The molecule has 1 amide bonds. The van der Waals surface area contributed by atoms with Crippen molar-refractivity contribution in [3.05, 3.63) is 65.9 Å². The minimum Gasteiger partial charge on any atom is -0.467 e. The molecule has 3 aromatic rings. The fourth-order valence-corrected chi connectivity index (χ4v) is 4.15. The lowest BCUT2D eigenvalue weighted by Crippen LogP contribution is -2.30. The maximum absolute atomic E-state index is 12.6. The Kier molecular flexibility index (Phi) is 7.70. The molecular weight excluding hydrogens is 398 g/mol. The third-order valence-corrected chi connectivity index (χ3v) is 5.99. The third-order valence-electron chi connectivity index (χ3n) is 4.91. The molecule has 3 rings (SSSR count). The van der Waals surface area contributed by atoms with E-state index in [4.69, 9.17) is 4.42 Å². The summed E-state index contributed by atoms with van der Waals surface area (Å²) in [5, 5.41) is 12.3. The number of carbonyl (C=O) groups is 1. The topological polar surface area (TPSA) is 76.2 Å².